The Kier molecular flexibility index (Phi) is 15.9. The predicted molar refractivity (Wildman–Crippen MR) is 83.6 cm³/mol. The van der Waals surface area contributed by atoms with Crippen LogP contribution in [0.3, 0.4) is 0 Å². The summed E-state index contributed by atoms with van der Waals surface area (Å²) in [5.74, 6) is 0. The number of epoxide rings is 1. The molecule has 0 amide bonds. The first-order valence-corrected chi connectivity index (χ1v) is 8.50. The standard InChI is InChI=1S/C16H32O.CH4O/c1-2-3-4-5-6-7-8-9-10-11-12-13-14-16-15-17-16;1-2/h16H,2-15H2,1H3;2H,1H3. The zero-order valence-corrected chi connectivity index (χ0v) is 13.3. The molecule has 0 aromatic heterocycles. The number of rotatable bonds is 13. The molecule has 0 saturated carbocycles. The molecule has 0 bridgehead atoms. The van der Waals surface area contributed by atoms with Gasteiger partial charge in [0.25, 0.3) is 0 Å². The molecule has 1 unspecified atom stereocenters. The first-order valence-electron chi connectivity index (χ1n) is 8.50. The Hall–Kier alpha value is -0.0800. The molecule has 1 atom stereocenters. The van der Waals surface area contributed by atoms with E-state index in [-0.39, 0.29) is 0 Å². The molecule has 1 heterocycles. The van der Waals surface area contributed by atoms with Crippen LogP contribution in [-0.2, 0) is 4.74 Å². The Balaban J connectivity index is 0.00000154. The van der Waals surface area contributed by atoms with Crippen LogP contribution in [0.4, 0.5) is 0 Å². The van der Waals surface area contributed by atoms with E-state index in [1.54, 1.807) is 0 Å². The largest absolute Gasteiger partial charge is 0.400 e. The van der Waals surface area contributed by atoms with Crippen molar-refractivity contribution >= 4 is 0 Å². The van der Waals surface area contributed by atoms with Gasteiger partial charge >= 0.3 is 0 Å². The zero-order valence-electron chi connectivity index (χ0n) is 13.3. The molecule has 1 aliphatic rings. The second-order valence-corrected chi connectivity index (χ2v) is 5.63. The highest BCUT2D eigenvalue weighted by Gasteiger charge is 2.20. The molecule has 1 rings (SSSR count). The van der Waals surface area contributed by atoms with Crippen molar-refractivity contribution in [3.63, 3.8) is 0 Å². The van der Waals surface area contributed by atoms with E-state index >= 15 is 0 Å². The van der Waals surface area contributed by atoms with Crippen molar-refractivity contribution in [1.29, 1.82) is 0 Å². The van der Waals surface area contributed by atoms with Crippen molar-refractivity contribution in [2.75, 3.05) is 13.7 Å². The monoisotopic (exact) mass is 272 g/mol. The van der Waals surface area contributed by atoms with Gasteiger partial charge in [0.15, 0.2) is 0 Å². The molecule has 1 aliphatic heterocycles. The van der Waals surface area contributed by atoms with Gasteiger partial charge < -0.3 is 9.84 Å². The van der Waals surface area contributed by atoms with E-state index in [1.165, 1.54) is 83.5 Å². The summed E-state index contributed by atoms with van der Waals surface area (Å²) in [5, 5.41) is 7.00. The van der Waals surface area contributed by atoms with Crippen LogP contribution in [0.5, 0.6) is 0 Å². The average molecular weight is 272 g/mol. The third kappa shape index (κ3) is 15.9. The van der Waals surface area contributed by atoms with Gasteiger partial charge in [0.2, 0.25) is 0 Å². The van der Waals surface area contributed by atoms with Crippen LogP contribution in [0.2, 0.25) is 0 Å². The lowest BCUT2D eigenvalue weighted by Gasteiger charge is -2.02. The maximum absolute atomic E-state index is 7.00. The molecule has 0 aliphatic carbocycles. The van der Waals surface area contributed by atoms with Crippen molar-refractivity contribution in [2.45, 2.75) is 96.5 Å². The third-order valence-corrected chi connectivity index (χ3v) is 3.78. The zero-order chi connectivity index (χ0) is 14.2. The van der Waals surface area contributed by atoms with Crippen molar-refractivity contribution in [3.05, 3.63) is 0 Å². The van der Waals surface area contributed by atoms with E-state index in [2.05, 4.69) is 6.92 Å². The molecule has 0 spiro atoms. The first-order chi connectivity index (χ1) is 9.43. The molecule has 0 aromatic rings. The van der Waals surface area contributed by atoms with Gasteiger partial charge in [-0.1, -0.05) is 84.0 Å². The summed E-state index contributed by atoms with van der Waals surface area (Å²) in [7, 11) is 1.00. The summed E-state index contributed by atoms with van der Waals surface area (Å²) in [6.07, 6.45) is 19.3. The van der Waals surface area contributed by atoms with Crippen LogP contribution in [0.1, 0.15) is 90.4 Å². The Morgan fingerprint density at radius 3 is 1.47 bits per heavy atom. The van der Waals surface area contributed by atoms with Crippen LogP contribution in [0.25, 0.3) is 0 Å². The predicted octanol–water partition coefficient (Wildman–Crippen LogP) is 5.08. The van der Waals surface area contributed by atoms with Crippen molar-refractivity contribution in [2.24, 2.45) is 0 Å². The summed E-state index contributed by atoms with van der Waals surface area (Å²) in [6.45, 7) is 3.33. The highest BCUT2D eigenvalue weighted by Crippen LogP contribution is 2.18. The van der Waals surface area contributed by atoms with Crippen molar-refractivity contribution in [3.8, 4) is 0 Å². The minimum Gasteiger partial charge on any atom is -0.400 e. The van der Waals surface area contributed by atoms with E-state index < -0.39 is 0 Å². The summed E-state index contributed by atoms with van der Waals surface area (Å²) < 4.78 is 5.21. The molecule has 1 N–H and O–H groups in total. The minimum atomic E-state index is 0.651. The number of unbranched alkanes of at least 4 members (excludes halogenated alkanes) is 11. The highest BCUT2D eigenvalue weighted by molar-refractivity contribution is 4.68. The normalized spacial score (nSPS) is 16.9. The summed E-state index contributed by atoms with van der Waals surface area (Å²) in [4.78, 5) is 0. The SMILES string of the molecule is CCCCCCCCCCCCCCC1CO1.CO. The van der Waals surface area contributed by atoms with E-state index in [4.69, 9.17) is 9.84 Å². The second-order valence-electron chi connectivity index (χ2n) is 5.63. The third-order valence-electron chi connectivity index (χ3n) is 3.78. The number of ether oxygens (including phenoxy) is 1. The Morgan fingerprint density at radius 2 is 1.11 bits per heavy atom. The molecular weight excluding hydrogens is 236 g/mol. The smallest absolute Gasteiger partial charge is 0.0810 e. The fraction of sp³-hybridized carbons (Fsp3) is 1.00. The average Bonchev–Trinajstić information content (AvgIpc) is 3.26. The van der Waals surface area contributed by atoms with Gasteiger partial charge in [0.1, 0.15) is 0 Å². The van der Waals surface area contributed by atoms with Gasteiger partial charge in [-0.05, 0) is 6.42 Å². The molecular formula is C17H36O2. The lowest BCUT2D eigenvalue weighted by atomic mass is 10.0. The van der Waals surface area contributed by atoms with E-state index in [0.29, 0.717) is 6.10 Å². The van der Waals surface area contributed by atoms with Gasteiger partial charge in [0, 0.05) is 7.11 Å². The van der Waals surface area contributed by atoms with Gasteiger partial charge in [0.05, 0.1) is 12.7 Å². The summed E-state index contributed by atoms with van der Waals surface area (Å²) >= 11 is 0. The van der Waals surface area contributed by atoms with Crippen LogP contribution < -0.4 is 0 Å². The Morgan fingerprint density at radius 1 is 0.737 bits per heavy atom. The lowest BCUT2D eigenvalue weighted by Crippen LogP contribution is -1.86. The Bertz CT molecular complexity index is 155. The summed E-state index contributed by atoms with van der Waals surface area (Å²) in [5.41, 5.74) is 0. The van der Waals surface area contributed by atoms with Crippen LogP contribution in [-0.4, -0.2) is 24.9 Å². The van der Waals surface area contributed by atoms with Crippen molar-refractivity contribution in [1.82, 2.24) is 0 Å². The van der Waals surface area contributed by atoms with Crippen LogP contribution >= 0.6 is 0 Å². The molecule has 0 radical (unpaired) electrons. The van der Waals surface area contributed by atoms with Gasteiger partial charge in [-0.3, -0.25) is 0 Å². The fourth-order valence-electron chi connectivity index (χ4n) is 2.45. The maximum Gasteiger partial charge on any atom is 0.0810 e. The highest BCUT2D eigenvalue weighted by atomic mass is 16.6. The number of aliphatic hydroxyl groups is 1. The van der Waals surface area contributed by atoms with E-state index in [9.17, 15) is 0 Å². The molecule has 2 heteroatoms. The molecule has 19 heavy (non-hydrogen) atoms. The topological polar surface area (TPSA) is 32.8 Å². The molecule has 2 nitrogen and oxygen atoms in total. The molecule has 116 valence electrons. The quantitative estimate of drug-likeness (QED) is 0.374. The molecule has 0 aromatic carbocycles. The van der Waals surface area contributed by atoms with Gasteiger partial charge in [-0.25, -0.2) is 0 Å². The van der Waals surface area contributed by atoms with E-state index in [0.717, 1.165) is 13.7 Å². The first kappa shape index (κ1) is 18.9. The number of hydrogen-bond donors (Lipinski definition) is 1. The maximum atomic E-state index is 7.00. The van der Waals surface area contributed by atoms with Gasteiger partial charge in [-0.15, -0.1) is 0 Å². The lowest BCUT2D eigenvalue weighted by molar-refractivity contribution is 0.387. The molecule has 1 saturated heterocycles. The van der Waals surface area contributed by atoms with Crippen molar-refractivity contribution < 1.29 is 9.84 Å². The second kappa shape index (κ2) is 16.0. The number of aliphatic hydroxyl groups excluding tert-OH is 1. The minimum absolute atomic E-state index is 0.651. The van der Waals surface area contributed by atoms with Gasteiger partial charge in [-0.2, -0.15) is 0 Å². The van der Waals surface area contributed by atoms with Crippen LogP contribution in [0, 0.1) is 0 Å². The number of hydrogen-bond acceptors (Lipinski definition) is 2. The molecule has 1 fully saturated rings. The fourth-order valence-corrected chi connectivity index (χ4v) is 2.45. The summed E-state index contributed by atoms with van der Waals surface area (Å²) in [6, 6.07) is 0. The Labute approximate surface area is 120 Å². The van der Waals surface area contributed by atoms with Crippen LogP contribution in [0.15, 0.2) is 0 Å². The van der Waals surface area contributed by atoms with E-state index in [1.807, 2.05) is 0 Å².